The maximum atomic E-state index is 11.0. The SMILES string of the molecule is COc1c(C)c(Br)cc(C2CC(C(=O)O)CN2)c1O. The number of phenolic OH excluding ortho intramolecular Hbond substituents is 1. The second-order valence-corrected chi connectivity index (χ2v) is 5.54. The zero-order chi connectivity index (χ0) is 14.2. The molecule has 1 aromatic carbocycles. The van der Waals surface area contributed by atoms with E-state index >= 15 is 0 Å². The molecule has 2 atom stereocenters. The molecule has 1 heterocycles. The zero-order valence-corrected chi connectivity index (χ0v) is 12.3. The van der Waals surface area contributed by atoms with Crippen molar-refractivity contribution in [2.45, 2.75) is 19.4 Å². The highest BCUT2D eigenvalue weighted by Gasteiger charge is 2.32. The summed E-state index contributed by atoms with van der Waals surface area (Å²) in [6.45, 7) is 2.25. The van der Waals surface area contributed by atoms with Gasteiger partial charge < -0.3 is 20.3 Å². The van der Waals surface area contributed by atoms with Gasteiger partial charge in [0, 0.05) is 28.2 Å². The van der Waals surface area contributed by atoms with Crippen LogP contribution in [-0.2, 0) is 4.79 Å². The second kappa shape index (κ2) is 5.38. The molecule has 0 spiro atoms. The first-order valence-corrected chi connectivity index (χ1v) is 6.77. The van der Waals surface area contributed by atoms with E-state index in [1.807, 2.05) is 13.0 Å². The summed E-state index contributed by atoms with van der Waals surface area (Å²) in [6.07, 6.45) is 0.460. The number of carboxylic acid groups (broad SMARTS) is 1. The number of carboxylic acids is 1. The van der Waals surface area contributed by atoms with Gasteiger partial charge in [0.25, 0.3) is 0 Å². The van der Waals surface area contributed by atoms with E-state index in [0.717, 1.165) is 10.0 Å². The van der Waals surface area contributed by atoms with Crippen molar-refractivity contribution in [1.29, 1.82) is 0 Å². The third-order valence-electron chi connectivity index (χ3n) is 3.53. The quantitative estimate of drug-likeness (QED) is 0.792. The number of rotatable bonds is 3. The normalized spacial score (nSPS) is 22.5. The van der Waals surface area contributed by atoms with Gasteiger partial charge in [0.15, 0.2) is 11.5 Å². The van der Waals surface area contributed by atoms with Crippen LogP contribution in [0.4, 0.5) is 0 Å². The molecule has 0 radical (unpaired) electrons. The molecule has 1 aliphatic heterocycles. The Morgan fingerprint density at radius 2 is 2.26 bits per heavy atom. The average Bonchev–Trinajstić information content (AvgIpc) is 2.84. The molecule has 1 fully saturated rings. The Kier molecular flexibility index (Phi) is 4.01. The predicted octanol–water partition coefficient (Wildman–Crippen LogP) is 2.21. The maximum absolute atomic E-state index is 11.0. The summed E-state index contributed by atoms with van der Waals surface area (Å²) in [5, 5.41) is 22.4. The number of benzene rings is 1. The third-order valence-corrected chi connectivity index (χ3v) is 4.35. The Bertz CT molecular complexity index is 518. The van der Waals surface area contributed by atoms with Crippen LogP contribution in [0.15, 0.2) is 10.5 Å². The van der Waals surface area contributed by atoms with Crippen LogP contribution in [0, 0.1) is 12.8 Å². The van der Waals surface area contributed by atoms with E-state index in [1.54, 1.807) is 0 Å². The summed E-state index contributed by atoms with van der Waals surface area (Å²) in [5.41, 5.74) is 1.48. The van der Waals surface area contributed by atoms with Crippen LogP contribution in [0.1, 0.15) is 23.6 Å². The van der Waals surface area contributed by atoms with Crippen molar-refractivity contribution in [3.05, 3.63) is 21.7 Å². The number of hydrogen-bond acceptors (Lipinski definition) is 4. The number of halogens is 1. The summed E-state index contributed by atoms with van der Waals surface area (Å²) >= 11 is 3.43. The van der Waals surface area contributed by atoms with E-state index in [2.05, 4.69) is 21.2 Å². The van der Waals surface area contributed by atoms with Crippen molar-refractivity contribution < 1.29 is 19.7 Å². The van der Waals surface area contributed by atoms with E-state index in [-0.39, 0.29) is 11.8 Å². The van der Waals surface area contributed by atoms with Gasteiger partial charge in [-0.15, -0.1) is 0 Å². The van der Waals surface area contributed by atoms with Crippen molar-refractivity contribution in [2.24, 2.45) is 5.92 Å². The van der Waals surface area contributed by atoms with Crippen LogP contribution >= 0.6 is 15.9 Å². The highest BCUT2D eigenvalue weighted by Crippen LogP contribution is 2.43. The lowest BCUT2D eigenvalue weighted by atomic mass is 9.98. The monoisotopic (exact) mass is 329 g/mol. The largest absolute Gasteiger partial charge is 0.504 e. The van der Waals surface area contributed by atoms with Crippen LogP contribution in [0.3, 0.4) is 0 Å². The molecule has 0 aliphatic carbocycles. The van der Waals surface area contributed by atoms with Crippen molar-refractivity contribution in [2.75, 3.05) is 13.7 Å². The fourth-order valence-electron chi connectivity index (χ4n) is 2.41. The van der Waals surface area contributed by atoms with Gasteiger partial charge in [-0.1, -0.05) is 15.9 Å². The van der Waals surface area contributed by atoms with Gasteiger partial charge in [0.05, 0.1) is 13.0 Å². The van der Waals surface area contributed by atoms with Crippen molar-refractivity contribution in [3.8, 4) is 11.5 Å². The molecule has 0 bridgehead atoms. The fraction of sp³-hybridized carbons (Fsp3) is 0.462. The zero-order valence-electron chi connectivity index (χ0n) is 10.7. The summed E-state index contributed by atoms with van der Waals surface area (Å²) < 4.78 is 6.04. The molecule has 1 aromatic rings. The molecule has 0 amide bonds. The third kappa shape index (κ3) is 2.55. The maximum Gasteiger partial charge on any atom is 0.307 e. The molecule has 0 saturated carbocycles. The topological polar surface area (TPSA) is 78.8 Å². The molecule has 2 unspecified atom stereocenters. The van der Waals surface area contributed by atoms with Gasteiger partial charge in [-0.25, -0.2) is 0 Å². The summed E-state index contributed by atoms with van der Waals surface area (Å²) in [4.78, 5) is 11.0. The van der Waals surface area contributed by atoms with Gasteiger partial charge in [0.2, 0.25) is 0 Å². The van der Waals surface area contributed by atoms with E-state index in [0.29, 0.717) is 24.3 Å². The van der Waals surface area contributed by atoms with Crippen LogP contribution in [-0.4, -0.2) is 29.8 Å². The van der Waals surface area contributed by atoms with Crippen molar-refractivity contribution in [3.63, 3.8) is 0 Å². The number of carbonyl (C=O) groups is 1. The van der Waals surface area contributed by atoms with Crippen LogP contribution in [0.2, 0.25) is 0 Å². The standard InChI is InChI=1S/C13H16BrNO4/c1-6-9(14)4-8(11(16)12(6)19-2)10-3-7(5-15-10)13(17)18/h4,7,10,15-16H,3,5H2,1-2H3,(H,17,18). The van der Waals surface area contributed by atoms with Gasteiger partial charge in [-0.2, -0.15) is 0 Å². The molecule has 3 N–H and O–H groups in total. The van der Waals surface area contributed by atoms with Gasteiger partial charge >= 0.3 is 5.97 Å². The molecular formula is C13H16BrNO4. The first-order valence-electron chi connectivity index (χ1n) is 5.97. The van der Waals surface area contributed by atoms with E-state index < -0.39 is 11.9 Å². The lowest BCUT2D eigenvalue weighted by molar-refractivity contribution is -0.141. The van der Waals surface area contributed by atoms with E-state index in [4.69, 9.17) is 9.84 Å². The summed E-state index contributed by atoms with van der Waals surface area (Å²) in [6, 6.07) is 1.64. The highest BCUT2D eigenvalue weighted by atomic mass is 79.9. The van der Waals surface area contributed by atoms with Crippen LogP contribution in [0.5, 0.6) is 11.5 Å². The minimum atomic E-state index is -0.812. The first-order chi connectivity index (χ1) is 8.95. The molecule has 1 aliphatic rings. The lowest BCUT2D eigenvalue weighted by Gasteiger charge is -2.17. The number of methoxy groups -OCH3 is 1. The summed E-state index contributed by atoms with van der Waals surface area (Å²) in [7, 11) is 1.50. The Hall–Kier alpha value is -1.27. The molecule has 19 heavy (non-hydrogen) atoms. The minimum absolute atomic E-state index is 0.0757. The molecular weight excluding hydrogens is 314 g/mol. The van der Waals surface area contributed by atoms with Gasteiger partial charge in [-0.3, -0.25) is 4.79 Å². The van der Waals surface area contributed by atoms with Gasteiger partial charge in [-0.05, 0) is 19.4 Å². The first kappa shape index (κ1) is 14.1. The fourth-order valence-corrected chi connectivity index (χ4v) is 2.83. The van der Waals surface area contributed by atoms with Crippen molar-refractivity contribution in [1.82, 2.24) is 5.32 Å². The highest BCUT2D eigenvalue weighted by molar-refractivity contribution is 9.10. The van der Waals surface area contributed by atoms with Crippen LogP contribution < -0.4 is 10.1 Å². The second-order valence-electron chi connectivity index (χ2n) is 4.69. The molecule has 1 saturated heterocycles. The Morgan fingerprint density at radius 1 is 1.58 bits per heavy atom. The van der Waals surface area contributed by atoms with E-state index in [1.165, 1.54) is 7.11 Å². The smallest absolute Gasteiger partial charge is 0.307 e. The van der Waals surface area contributed by atoms with E-state index in [9.17, 15) is 9.90 Å². The van der Waals surface area contributed by atoms with Crippen LogP contribution in [0.25, 0.3) is 0 Å². The Labute approximate surface area is 119 Å². The average molecular weight is 330 g/mol. The molecule has 0 aromatic heterocycles. The molecule has 2 rings (SSSR count). The molecule has 6 heteroatoms. The number of phenols is 1. The Morgan fingerprint density at radius 3 is 2.79 bits per heavy atom. The Balaban J connectivity index is 2.36. The predicted molar refractivity (Wildman–Crippen MR) is 73.6 cm³/mol. The number of ether oxygens (including phenoxy) is 1. The summed E-state index contributed by atoms with van der Waals surface area (Å²) in [5.74, 6) is -0.736. The minimum Gasteiger partial charge on any atom is -0.504 e. The lowest BCUT2D eigenvalue weighted by Crippen LogP contribution is -2.17. The number of hydrogen-bond donors (Lipinski definition) is 3. The number of aliphatic carboxylic acids is 1. The molecule has 5 nitrogen and oxygen atoms in total. The number of nitrogens with one attached hydrogen (secondary N) is 1. The number of aromatic hydroxyl groups is 1. The molecule has 104 valence electrons. The van der Waals surface area contributed by atoms with Gasteiger partial charge in [0.1, 0.15) is 0 Å². The van der Waals surface area contributed by atoms with Crippen molar-refractivity contribution >= 4 is 21.9 Å².